The van der Waals surface area contributed by atoms with E-state index >= 15 is 0 Å². The van der Waals surface area contributed by atoms with Crippen molar-refractivity contribution in [3.05, 3.63) is 0 Å². The van der Waals surface area contributed by atoms with E-state index in [0.29, 0.717) is 6.04 Å². The van der Waals surface area contributed by atoms with Crippen LogP contribution < -0.4 is 5.32 Å². The summed E-state index contributed by atoms with van der Waals surface area (Å²) in [6, 6.07) is 0.520. The third-order valence-corrected chi connectivity index (χ3v) is 5.98. The fraction of sp³-hybridized carbons (Fsp3) is 0.947. The molecule has 158 valence electrons. The lowest BCUT2D eigenvalue weighted by Gasteiger charge is -2.39. The van der Waals surface area contributed by atoms with E-state index in [1.807, 2.05) is 0 Å². The topological polar surface area (TPSA) is 46.6 Å². The lowest BCUT2D eigenvalue weighted by atomic mass is 10.1. The standard InChI is InChI=1S/C19H38N6O.HI/c1-4-20-19(21-13-18-15-22(2)6-7-23(18)3)25-10-8-24(9-11-25)14-17-5-12-26-16-17;/h17-18H,4-16H2,1-3H3,(H,20,21);1H. The first-order valence-corrected chi connectivity index (χ1v) is 10.4. The van der Waals surface area contributed by atoms with Crippen LogP contribution in [0.2, 0.25) is 0 Å². The van der Waals surface area contributed by atoms with E-state index in [-0.39, 0.29) is 24.0 Å². The molecule has 3 aliphatic rings. The number of piperazine rings is 2. The van der Waals surface area contributed by atoms with Crippen LogP contribution in [0.5, 0.6) is 0 Å². The molecule has 8 heteroatoms. The molecule has 3 saturated heterocycles. The van der Waals surface area contributed by atoms with Crippen LogP contribution in [0.15, 0.2) is 4.99 Å². The van der Waals surface area contributed by atoms with Crippen molar-refractivity contribution in [2.75, 3.05) is 92.8 Å². The molecule has 0 aromatic carbocycles. The van der Waals surface area contributed by atoms with Gasteiger partial charge < -0.3 is 19.9 Å². The zero-order valence-electron chi connectivity index (χ0n) is 17.4. The number of rotatable bonds is 5. The van der Waals surface area contributed by atoms with E-state index in [0.717, 1.165) is 84.0 Å². The second kappa shape index (κ2) is 11.7. The Bertz CT molecular complexity index is 451. The van der Waals surface area contributed by atoms with Crippen LogP contribution >= 0.6 is 24.0 Å². The molecule has 3 fully saturated rings. The highest BCUT2D eigenvalue weighted by molar-refractivity contribution is 14.0. The van der Waals surface area contributed by atoms with E-state index in [1.54, 1.807) is 0 Å². The van der Waals surface area contributed by atoms with Crippen LogP contribution in [0.3, 0.4) is 0 Å². The monoisotopic (exact) mass is 494 g/mol. The molecule has 0 spiro atoms. The molecular weight excluding hydrogens is 455 g/mol. The van der Waals surface area contributed by atoms with Crippen LogP contribution in [-0.2, 0) is 4.74 Å². The highest BCUT2D eigenvalue weighted by Gasteiger charge is 2.25. The molecule has 3 aliphatic heterocycles. The molecule has 0 radical (unpaired) electrons. The number of likely N-dealkylation sites (N-methyl/N-ethyl adjacent to an activating group) is 2. The van der Waals surface area contributed by atoms with E-state index in [1.165, 1.54) is 13.0 Å². The molecule has 2 unspecified atom stereocenters. The molecule has 0 saturated carbocycles. The number of guanidine groups is 1. The SMILES string of the molecule is CCNC(=NCC1CN(C)CCN1C)N1CCN(CC2CCOC2)CC1.I. The maximum atomic E-state index is 5.52. The highest BCUT2D eigenvalue weighted by atomic mass is 127. The fourth-order valence-corrected chi connectivity index (χ4v) is 4.15. The van der Waals surface area contributed by atoms with Gasteiger partial charge in [0, 0.05) is 71.6 Å². The summed E-state index contributed by atoms with van der Waals surface area (Å²) in [5.41, 5.74) is 0. The summed E-state index contributed by atoms with van der Waals surface area (Å²) in [5.74, 6) is 1.83. The number of aliphatic imine (C=N–C) groups is 1. The minimum Gasteiger partial charge on any atom is -0.381 e. The van der Waals surface area contributed by atoms with Crippen LogP contribution in [0, 0.1) is 5.92 Å². The minimum atomic E-state index is 0. The van der Waals surface area contributed by atoms with Crippen LogP contribution in [-0.4, -0.2) is 124 Å². The normalized spacial score (nSPS) is 29.0. The zero-order valence-corrected chi connectivity index (χ0v) is 19.7. The summed E-state index contributed by atoms with van der Waals surface area (Å²) in [7, 11) is 4.44. The largest absolute Gasteiger partial charge is 0.381 e. The Hall–Kier alpha value is -0.160. The van der Waals surface area contributed by atoms with Gasteiger partial charge in [0.1, 0.15) is 0 Å². The molecule has 1 N–H and O–H groups in total. The molecule has 3 heterocycles. The van der Waals surface area contributed by atoms with E-state index in [2.05, 4.69) is 45.9 Å². The third-order valence-electron chi connectivity index (χ3n) is 5.98. The van der Waals surface area contributed by atoms with Crippen molar-refractivity contribution < 1.29 is 4.74 Å². The summed E-state index contributed by atoms with van der Waals surface area (Å²) in [5, 5.41) is 3.51. The Labute approximate surface area is 182 Å². The maximum absolute atomic E-state index is 5.52. The van der Waals surface area contributed by atoms with E-state index in [9.17, 15) is 0 Å². The summed E-state index contributed by atoms with van der Waals surface area (Å²) in [4.78, 5) is 14.9. The maximum Gasteiger partial charge on any atom is 0.194 e. The second-order valence-corrected chi connectivity index (χ2v) is 8.11. The van der Waals surface area contributed by atoms with Gasteiger partial charge in [-0.25, -0.2) is 0 Å². The molecule has 3 rings (SSSR count). The smallest absolute Gasteiger partial charge is 0.194 e. The summed E-state index contributed by atoms with van der Waals surface area (Å²) < 4.78 is 5.52. The first-order chi connectivity index (χ1) is 12.7. The Kier molecular flexibility index (Phi) is 10.1. The predicted molar refractivity (Wildman–Crippen MR) is 122 cm³/mol. The van der Waals surface area contributed by atoms with Crippen molar-refractivity contribution in [2.24, 2.45) is 10.9 Å². The summed E-state index contributed by atoms with van der Waals surface area (Å²) >= 11 is 0. The summed E-state index contributed by atoms with van der Waals surface area (Å²) in [6.07, 6.45) is 1.23. The van der Waals surface area contributed by atoms with E-state index in [4.69, 9.17) is 9.73 Å². The van der Waals surface area contributed by atoms with Crippen LogP contribution in [0.1, 0.15) is 13.3 Å². The Balaban J connectivity index is 0.00000261. The van der Waals surface area contributed by atoms with Crippen molar-refractivity contribution in [1.29, 1.82) is 0 Å². The molecule has 0 aliphatic carbocycles. The van der Waals surface area contributed by atoms with Crippen molar-refractivity contribution in [1.82, 2.24) is 24.9 Å². The van der Waals surface area contributed by atoms with Gasteiger partial charge in [-0.2, -0.15) is 0 Å². The Morgan fingerprint density at radius 3 is 2.56 bits per heavy atom. The lowest BCUT2D eigenvalue weighted by Crippen LogP contribution is -2.54. The molecule has 0 bridgehead atoms. The number of halogens is 1. The van der Waals surface area contributed by atoms with E-state index < -0.39 is 0 Å². The minimum absolute atomic E-state index is 0. The van der Waals surface area contributed by atoms with Crippen LogP contribution in [0.4, 0.5) is 0 Å². The van der Waals surface area contributed by atoms with Gasteiger partial charge in [-0.05, 0) is 33.4 Å². The van der Waals surface area contributed by atoms with Gasteiger partial charge in [0.05, 0.1) is 13.2 Å². The number of ether oxygens (including phenoxy) is 1. The molecule has 0 aromatic rings. The first kappa shape index (κ1) is 23.1. The number of nitrogens with one attached hydrogen (secondary N) is 1. The molecule has 0 aromatic heterocycles. The van der Waals surface area contributed by atoms with Crippen molar-refractivity contribution in [2.45, 2.75) is 19.4 Å². The highest BCUT2D eigenvalue weighted by Crippen LogP contribution is 2.15. The predicted octanol–water partition coefficient (Wildman–Crippen LogP) is 0.470. The molecule has 27 heavy (non-hydrogen) atoms. The average molecular weight is 494 g/mol. The molecule has 7 nitrogen and oxygen atoms in total. The quantitative estimate of drug-likeness (QED) is 0.341. The Morgan fingerprint density at radius 2 is 1.89 bits per heavy atom. The Morgan fingerprint density at radius 1 is 1.11 bits per heavy atom. The van der Waals surface area contributed by atoms with Gasteiger partial charge in [0.15, 0.2) is 5.96 Å². The first-order valence-electron chi connectivity index (χ1n) is 10.4. The summed E-state index contributed by atoms with van der Waals surface area (Å²) in [6.45, 7) is 14.9. The van der Waals surface area contributed by atoms with Crippen LogP contribution in [0.25, 0.3) is 0 Å². The molecule has 2 atom stereocenters. The zero-order chi connectivity index (χ0) is 18.4. The fourth-order valence-electron chi connectivity index (χ4n) is 4.15. The average Bonchev–Trinajstić information content (AvgIpc) is 3.15. The number of hydrogen-bond donors (Lipinski definition) is 1. The molecule has 0 amide bonds. The van der Waals surface area contributed by atoms with Crippen molar-refractivity contribution in [3.8, 4) is 0 Å². The van der Waals surface area contributed by atoms with Gasteiger partial charge in [0.2, 0.25) is 0 Å². The van der Waals surface area contributed by atoms with Gasteiger partial charge >= 0.3 is 0 Å². The van der Waals surface area contributed by atoms with Gasteiger partial charge in [-0.3, -0.25) is 14.8 Å². The van der Waals surface area contributed by atoms with Crippen molar-refractivity contribution in [3.63, 3.8) is 0 Å². The van der Waals surface area contributed by atoms with Crippen molar-refractivity contribution >= 4 is 29.9 Å². The van der Waals surface area contributed by atoms with Gasteiger partial charge in [-0.15, -0.1) is 24.0 Å². The number of nitrogens with zero attached hydrogens (tertiary/aromatic N) is 5. The van der Waals surface area contributed by atoms with Gasteiger partial charge in [-0.1, -0.05) is 0 Å². The second-order valence-electron chi connectivity index (χ2n) is 8.11. The lowest BCUT2D eigenvalue weighted by molar-refractivity contribution is 0.118. The number of hydrogen-bond acceptors (Lipinski definition) is 5. The van der Waals surface area contributed by atoms with Gasteiger partial charge in [0.25, 0.3) is 0 Å². The molecular formula is C19H39IN6O. The third kappa shape index (κ3) is 6.99.